The summed E-state index contributed by atoms with van der Waals surface area (Å²) in [4.78, 5) is 0. The van der Waals surface area contributed by atoms with Gasteiger partial charge in [-0.2, -0.15) is 0 Å². The van der Waals surface area contributed by atoms with Gasteiger partial charge in [0.25, 0.3) is 0 Å². The maximum atomic E-state index is 11.9. The van der Waals surface area contributed by atoms with E-state index in [-0.39, 0.29) is 0 Å². The zero-order valence-electron chi connectivity index (χ0n) is 9.38. The first kappa shape index (κ1) is 9.09. The fourth-order valence-electron chi connectivity index (χ4n) is 6.38. The average molecular weight is 238 g/mol. The Morgan fingerprint density at radius 3 is 2.50 bits per heavy atom. The van der Waals surface area contributed by atoms with E-state index in [1.54, 1.807) is 0 Å². The van der Waals surface area contributed by atoms with Crippen molar-refractivity contribution < 1.29 is 8.39 Å². The number of hydrogen-bond donors (Lipinski definition) is 0. The molecule has 0 amide bonds. The van der Waals surface area contributed by atoms with E-state index in [1.165, 1.54) is 25.7 Å². The minimum atomic E-state index is -0.939. The molecular formula is C13H18O2S. The molecule has 0 radical (unpaired) electrons. The van der Waals surface area contributed by atoms with E-state index < -0.39 is 11.1 Å². The third kappa shape index (κ3) is 0.828. The van der Waals surface area contributed by atoms with Crippen LogP contribution in [0.4, 0.5) is 0 Å². The Labute approximate surface area is 98.8 Å². The van der Waals surface area contributed by atoms with E-state index in [1.807, 2.05) is 0 Å². The molecule has 4 aliphatic carbocycles. The van der Waals surface area contributed by atoms with Crippen LogP contribution < -0.4 is 0 Å². The number of fused-ring (bicyclic) bond motifs is 12. The predicted molar refractivity (Wildman–Crippen MR) is 60.8 cm³/mol. The molecule has 88 valence electrons. The van der Waals surface area contributed by atoms with Gasteiger partial charge >= 0.3 is 0 Å². The number of hydrogen-bond acceptors (Lipinski definition) is 2. The van der Waals surface area contributed by atoms with Crippen molar-refractivity contribution in [2.75, 3.05) is 6.61 Å². The van der Waals surface area contributed by atoms with Gasteiger partial charge in [0.05, 0.1) is 11.9 Å². The van der Waals surface area contributed by atoms with Gasteiger partial charge in [0.2, 0.25) is 0 Å². The summed E-state index contributed by atoms with van der Waals surface area (Å²) in [7, 11) is 0. The molecule has 5 rings (SSSR count). The first-order chi connectivity index (χ1) is 7.84. The summed E-state index contributed by atoms with van der Waals surface area (Å²) in [6, 6.07) is 0. The quantitative estimate of drug-likeness (QED) is 0.603. The van der Waals surface area contributed by atoms with Crippen LogP contribution in [-0.4, -0.2) is 16.1 Å². The van der Waals surface area contributed by atoms with Gasteiger partial charge < -0.3 is 0 Å². The number of rotatable bonds is 0. The molecular weight excluding hydrogens is 220 g/mol. The lowest BCUT2D eigenvalue weighted by atomic mass is 9.67. The van der Waals surface area contributed by atoms with Crippen molar-refractivity contribution in [3.8, 4) is 0 Å². The molecule has 4 bridgehead atoms. The second kappa shape index (κ2) is 2.74. The van der Waals surface area contributed by atoms with E-state index in [4.69, 9.17) is 4.18 Å². The zero-order valence-corrected chi connectivity index (χ0v) is 10.2. The fraction of sp³-hybridized carbons (Fsp3) is 1.00. The van der Waals surface area contributed by atoms with E-state index in [9.17, 15) is 4.21 Å². The van der Waals surface area contributed by atoms with Crippen molar-refractivity contribution in [3.05, 3.63) is 0 Å². The lowest BCUT2D eigenvalue weighted by molar-refractivity contribution is 0.104. The van der Waals surface area contributed by atoms with Gasteiger partial charge in [0.1, 0.15) is 0 Å². The zero-order chi connectivity index (χ0) is 10.4. The van der Waals surface area contributed by atoms with Crippen LogP contribution in [0, 0.1) is 41.4 Å². The van der Waals surface area contributed by atoms with Gasteiger partial charge in [-0.15, -0.1) is 0 Å². The van der Waals surface area contributed by atoms with Crippen LogP contribution >= 0.6 is 0 Å². The molecule has 9 unspecified atom stereocenters. The minimum Gasteiger partial charge on any atom is -0.290 e. The normalized spacial score (nSPS) is 69.9. The van der Waals surface area contributed by atoms with E-state index in [0.717, 1.165) is 42.1 Å². The van der Waals surface area contributed by atoms with Crippen LogP contribution in [0.5, 0.6) is 0 Å². The van der Waals surface area contributed by atoms with Gasteiger partial charge in [0, 0.05) is 5.92 Å². The van der Waals surface area contributed by atoms with Crippen molar-refractivity contribution in [1.29, 1.82) is 0 Å². The average Bonchev–Trinajstić information content (AvgIpc) is 2.99. The summed E-state index contributed by atoms with van der Waals surface area (Å²) in [6.45, 7) is 0.805. The Kier molecular flexibility index (Phi) is 1.56. The Balaban J connectivity index is 1.60. The maximum Gasteiger partial charge on any atom is 0.159 e. The molecule has 1 aliphatic heterocycles. The van der Waals surface area contributed by atoms with E-state index in [0.29, 0.717) is 11.2 Å². The summed E-state index contributed by atoms with van der Waals surface area (Å²) in [5, 5.41) is 0.436. The highest BCUT2D eigenvalue weighted by atomic mass is 32.2. The highest BCUT2D eigenvalue weighted by Gasteiger charge is 2.68. The minimum absolute atomic E-state index is 0.436. The van der Waals surface area contributed by atoms with E-state index in [2.05, 4.69) is 0 Å². The largest absolute Gasteiger partial charge is 0.290 e. The second-order valence-corrected chi connectivity index (χ2v) is 8.03. The summed E-state index contributed by atoms with van der Waals surface area (Å²) in [6.07, 6.45) is 5.87. The smallest absolute Gasteiger partial charge is 0.159 e. The molecule has 5 aliphatic rings. The Morgan fingerprint density at radius 2 is 1.69 bits per heavy atom. The summed E-state index contributed by atoms with van der Waals surface area (Å²) in [5.41, 5.74) is 0. The monoisotopic (exact) mass is 238 g/mol. The standard InChI is InChI=1S/C13H18O2S/c14-16-13-9-4-8(10(13)5-15-16)11-6-1-2-7(3-6)12(9)11/h6-13H,1-5H2. The van der Waals surface area contributed by atoms with Crippen LogP contribution in [0.3, 0.4) is 0 Å². The third-order valence-electron chi connectivity index (χ3n) is 6.57. The highest BCUT2D eigenvalue weighted by molar-refractivity contribution is 7.81. The summed E-state index contributed by atoms with van der Waals surface area (Å²) in [5.74, 6) is 6.36. The highest BCUT2D eigenvalue weighted by Crippen LogP contribution is 2.70. The second-order valence-electron chi connectivity index (χ2n) is 6.72. The van der Waals surface area contributed by atoms with Crippen LogP contribution in [0.15, 0.2) is 0 Å². The summed E-state index contributed by atoms with van der Waals surface area (Å²) >= 11 is -0.939. The van der Waals surface area contributed by atoms with Crippen LogP contribution in [0.25, 0.3) is 0 Å². The molecule has 0 aromatic heterocycles. The molecule has 1 heterocycles. The molecule has 0 spiro atoms. The van der Waals surface area contributed by atoms with Gasteiger partial charge in [-0.3, -0.25) is 4.18 Å². The van der Waals surface area contributed by atoms with Crippen molar-refractivity contribution in [2.24, 2.45) is 41.4 Å². The molecule has 0 N–H and O–H groups in total. The molecule has 0 aromatic carbocycles. The van der Waals surface area contributed by atoms with Gasteiger partial charge in [0.15, 0.2) is 11.1 Å². The maximum absolute atomic E-state index is 11.9. The first-order valence-electron chi connectivity index (χ1n) is 6.88. The fourth-order valence-corrected chi connectivity index (χ4v) is 7.97. The molecule has 2 nitrogen and oxygen atoms in total. The first-order valence-corrected chi connectivity index (χ1v) is 8.02. The van der Waals surface area contributed by atoms with Gasteiger partial charge in [-0.1, -0.05) is 0 Å². The molecule has 3 heteroatoms. The lowest BCUT2D eigenvalue weighted by Crippen LogP contribution is -2.40. The summed E-state index contributed by atoms with van der Waals surface area (Å²) < 4.78 is 17.4. The van der Waals surface area contributed by atoms with Crippen molar-refractivity contribution >= 4 is 11.1 Å². The molecule has 0 aromatic rings. The molecule has 16 heavy (non-hydrogen) atoms. The Hall–Kier alpha value is 0.110. The SMILES string of the molecule is O=S1OCC2C3CC(C4C5CCC(C5)C34)C21. The van der Waals surface area contributed by atoms with E-state index >= 15 is 0 Å². The predicted octanol–water partition coefficient (Wildman–Crippen LogP) is 1.98. The molecule has 9 atom stereocenters. The Morgan fingerprint density at radius 1 is 0.938 bits per heavy atom. The van der Waals surface area contributed by atoms with Crippen LogP contribution in [0.1, 0.15) is 25.7 Å². The van der Waals surface area contributed by atoms with Crippen molar-refractivity contribution in [2.45, 2.75) is 30.9 Å². The Bertz CT molecular complexity index is 382. The lowest BCUT2D eigenvalue weighted by Gasteiger charge is -2.39. The topological polar surface area (TPSA) is 26.3 Å². The van der Waals surface area contributed by atoms with Crippen molar-refractivity contribution in [1.82, 2.24) is 0 Å². The molecule has 4 saturated carbocycles. The van der Waals surface area contributed by atoms with Gasteiger partial charge in [-0.05, 0) is 61.2 Å². The molecule has 1 saturated heterocycles. The third-order valence-corrected chi connectivity index (χ3v) is 8.08. The van der Waals surface area contributed by atoms with Crippen LogP contribution in [-0.2, 0) is 15.3 Å². The van der Waals surface area contributed by atoms with Gasteiger partial charge in [-0.25, -0.2) is 4.21 Å². The molecule has 5 fully saturated rings. The van der Waals surface area contributed by atoms with Crippen LogP contribution in [0.2, 0.25) is 0 Å². The van der Waals surface area contributed by atoms with Crippen molar-refractivity contribution in [3.63, 3.8) is 0 Å².